The Morgan fingerprint density at radius 2 is 2.14 bits per heavy atom. The van der Waals surface area contributed by atoms with Gasteiger partial charge in [-0.3, -0.25) is 4.90 Å². The van der Waals surface area contributed by atoms with Gasteiger partial charge in [0.25, 0.3) is 0 Å². The van der Waals surface area contributed by atoms with E-state index in [0.717, 1.165) is 54.1 Å². The number of rotatable bonds is 7. The molecule has 1 atom stereocenters. The summed E-state index contributed by atoms with van der Waals surface area (Å²) < 4.78 is 42.0. The van der Waals surface area contributed by atoms with Gasteiger partial charge in [0.05, 0.1) is 22.5 Å². The second kappa shape index (κ2) is 9.99. The topological polar surface area (TPSA) is 59.5 Å². The molecule has 4 aromatic rings. The van der Waals surface area contributed by atoms with Gasteiger partial charge in [0.1, 0.15) is 16.0 Å². The third-order valence-corrected chi connectivity index (χ3v) is 9.10. The molecule has 1 fully saturated rings. The summed E-state index contributed by atoms with van der Waals surface area (Å²) in [5.74, 6) is -1.33. The van der Waals surface area contributed by atoms with Crippen LogP contribution in [-0.4, -0.2) is 53.0 Å². The number of benzene rings is 1. The van der Waals surface area contributed by atoms with Crippen molar-refractivity contribution >= 4 is 60.1 Å². The van der Waals surface area contributed by atoms with E-state index in [1.54, 1.807) is 23.6 Å². The molecule has 0 amide bonds. The SMILES string of the molecule is CC1(C)C(c2cc3c(Nc4c(F)cc5scnc5c4F)ccnc3s2)=CCN1CCOC1CCCCO1. The fourth-order valence-corrected chi connectivity index (χ4v) is 7.04. The Bertz CT molecular complexity index is 1480. The second-order valence-corrected chi connectivity index (χ2v) is 11.8. The van der Waals surface area contributed by atoms with Gasteiger partial charge in [-0.2, -0.15) is 0 Å². The second-order valence-electron chi connectivity index (χ2n) is 9.85. The lowest BCUT2D eigenvalue weighted by Gasteiger charge is -2.35. The standard InChI is InChI=1S/C27H28F2N4O2S2/c1-27(2)17(7-9-33(27)10-12-35-22-5-3-4-11-34-22)20-13-16-19(6-8-30-26(16)37-20)32-24-18(28)14-21-25(23(24)29)31-15-36-21/h6-8,13-15,22H,3-5,9-12H2,1-2H3,(H,30,32). The summed E-state index contributed by atoms with van der Waals surface area (Å²) in [6, 6.07) is 5.13. The van der Waals surface area contributed by atoms with Crippen molar-refractivity contribution < 1.29 is 18.3 Å². The molecule has 10 heteroatoms. The molecule has 37 heavy (non-hydrogen) atoms. The van der Waals surface area contributed by atoms with E-state index in [4.69, 9.17) is 9.47 Å². The van der Waals surface area contributed by atoms with Crippen LogP contribution in [0.3, 0.4) is 0 Å². The maximum Gasteiger partial charge on any atom is 0.176 e. The molecule has 0 bridgehead atoms. The Labute approximate surface area is 221 Å². The van der Waals surface area contributed by atoms with Crippen LogP contribution in [-0.2, 0) is 9.47 Å². The van der Waals surface area contributed by atoms with E-state index in [2.05, 4.69) is 46.2 Å². The van der Waals surface area contributed by atoms with Crippen molar-refractivity contribution in [2.45, 2.75) is 44.9 Å². The Morgan fingerprint density at radius 3 is 2.97 bits per heavy atom. The summed E-state index contributed by atoms with van der Waals surface area (Å²) in [5.41, 5.74) is 3.11. The largest absolute Gasteiger partial charge is 0.353 e. The number of nitrogens with one attached hydrogen (secondary N) is 1. The smallest absolute Gasteiger partial charge is 0.176 e. The van der Waals surface area contributed by atoms with E-state index in [0.29, 0.717) is 17.0 Å². The number of ether oxygens (including phenoxy) is 2. The van der Waals surface area contributed by atoms with Gasteiger partial charge in [0.15, 0.2) is 17.9 Å². The van der Waals surface area contributed by atoms with Crippen molar-refractivity contribution in [3.63, 3.8) is 0 Å². The quantitative estimate of drug-likeness (QED) is 0.273. The zero-order valence-electron chi connectivity index (χ0n) is 20.7. The molecular weight excluding hydrogens is 514 g/mol. The van der Waals surface area contributed by atoms with Gasteiger partial charge in [-0.25, -0.2) is 18.7 Å². The first kappa shape index (κ1) is 24.8. The molecule has 1 saturated heterocycles. The minimum absolute atomic E-state index is 0.0858. The summed E-state index contributed by atoms with van der Waals surface area (Å²) in [6.07, 6.45) is 7.05. The van der Waals surface area contributed by atoms with Crippen molar-refractivity contribution in [3.05, 3.63) is 52.5 Å². The number of pyridine rings is 1. The Morgan fingerprint density at radius 1 is 1.24 bits per heavy atom. The molecule has 194 valence electrons. The third kappa shape index (κ3) is 4.66. The lowest BCUT2D eigenvalue weighted by atomic mass is 9.94. The van der Waals surface area contributed by atoms with Gasteiger partial charge in [-0.15, -0.1) is 22.7 Å². The van der Waals surface area contributed by atoms with Crippen molar-refractivity contribution in [2.24, 2.45) is 0 Å². The fourth-order valence-electron chi connectivity index (χ4n) is 5.12. The van der Waals surface area contributed by atoms with Gasteiger partial charge >= 0.3 is 0 Å². The van der Waals surface area contributed by atoms with Crippen LogP contribution >= 0.6 is 22.7 Å². The highest BCUT2D eigenvalue weighted by Crippen LogP contribution is 2.43. The lowest BCUT2D eigenvalue weighted by Crippen LogP contribution is -2.42. The molecule has 0 spiro atoms. The number of halogens is 2. The van der Waals surface area contributed by atoms with E-state index in [1.807, 2.05) is 0 Å². The maximum atomic E-state index is 15.1. The van der Waals surface area contributed by atoms with Crippen LogP contribution in [0, 0.1) is 11.6 Å². The van der Waals surface area contributed by atoms with Crippen LogP contribution in [0.2, 0.25) is 0 Å². The van der Waals surface area contributed by atoms with E-state index in [-0.39, 0.29) is 23.0 Å². The van der Waals surface area contributed by atoms with Crippen LogP contribution in [0.25, 0.3) is 26.0 Å². The summed E-state index contributed by atoms with van der Waals surface area (Å²) in [5, 5.41) is 3.81. The minimum Gasteiger partial charge on any atom is -0.353 e. The van der Waals surface area contributed by atoms with Crippen LogP contribution in [0.15, 0.2) is 36.0 Å². The van der Waals surface area contributed by atoms with Gasteiger partial charge in [0, 0.05) is 41.7 Å². The molecule has 2 aliphatic rings. The predicted molar refractivity (Wildman–Crippen MR) is 146 cm³/mol. The van der Waals surface area contributed by atoms with Gasteiger partial charge in [0.2, 0.25) is 0 Å². The number of nitrogens with zero attached hydrogens (tertiary/aromatic N) is 3. The first-order chi connectivity index (χ1) is 17.9. The van der Waals surface area contributed by atoms with Crippen molar-refractivity contribution in [1.29, 1.82) is 0 Å². The van der Waals surface area contributed by atoms with Crippen molar-refractivity contribution in [2.75, 3.05) is 31.6 Å². The summed E-state index contributed by atoms with van der Waals surface area (Å²) >= 11 is 2.80. The van der Waals surface area contributed by atoms with E-state index < -0.39 is 11.6 Å². The molecular formula is C27H28F2N4O2S2. The number of anilines is 2. The molecule has 5 heterocycles. The number of aromatic nitrogens is 2. The van der Waals surface area contributed by atoms with E-state index in [9.17, 15) is 4.39 Å². The summed E-state index contributed by atoms with van der Waals surface area (Å²) in [6.45, 7) is 7.47. The molecule has 0 radical (unpaired) electrons. The molecule has 1 N–H and O–H groups in total. The molecule has 2 aliphatic heterocycles. The Balaban J connectivity index is 1.22. The highest BCUT2D eigenvalue weighted by atomic mass is 32.1. The Kier molecular flexibility index (Phi) is 6.70. The highest BCUT2D eigenvalue weighted by molar-refractivity contribution is 7.19. The number of thiazole rings is 1. The normalized spacial score (nSPS) is 20.1. The number of thiophene rings is 1. The Hall–Kier alpha value is -2.50. The monoisotopic (exact) mass is 542 g/mol. The molecule has 0 aliphatic carbocycles. The minimum atomic E-state index is -0.687. The first-order valence-corrected chi connectivity index (χ1v) is 14.2. The zero-order chi connectivity index (χ0) is 25.6. The summed E-state index contributed by atoms with van der Waals surface area (Å²) in [7, 11) is 0. The van der Waals surface area contributed by atoms with Crippen molar-refractivity contribution in [1.82, 2.24) is 14.9 Å². The van der Waals surface area contributed by atoms with Crippen LogP contribution in [0.4, 0.5) is 20.2 Å². The first-order valence-electron chi connectivity index (χ1n) is 12.5. The van der Waals surface area contributed by atoms with E-state index >= 15 is 4.39 Å². The van der Waals surface area contributed by atoms with Crippen LogP contribution in [0.5, 0.6) is 0 Å². The van der Waals surface area contributed by atoms with Gasteiger partial charge < -0.3 is 14.8 Å². The number of hydrogen-bond donors (Lipinski definition) is 1. The molecule has 1 aromatic carbocycles. The molecule has 6 rings (SSSR count). The molecule has 6 nitrogen and oxygen atoms in total. The van der Waals surface area contributed by atoms with Crippen LogP contribution < -0.4 is 5.32 Å². The molecule has 1 unspecified atom stereocenters. The van der Waals surface area contributed by atoms with Gasteiger partial charge in [-0.05, 0) is 56.9 Å². The average molecular weight is 543 g/mol. The number of hydrogen-bond acceptors (Lipinski definition) is 8. The van der Waals surface area contributed by atoms with E-state index in [1.165, 1.54) is 28.5 Å². The lowest BCUT2D eigenvalue weighted by molar-refractivity contribution is -0.164. The van der Waals surface area contributed by atoms with Crippen LogP contribution in [0.1, 0.15) is 38.0 Å². The molecule has 3 aromatic heterocycles. The van der Waals surface area contributed by atoms with Crippen molar-refractivity contribution in [3.8, 4) is 0 Å². The van der Waals surface area contributed by atoms with Gasteiger partial charge in [-0.1, -0.05) is 6.08 Å². The zero-order valence-corrected chi connectivity index (χ0v) is 22.4. The fraction of sp³-hybridized carbons (Fsp3) is 0.407. The average Bonchev–Trinajstić information content (AvgIpc) is 3.60. The molecule has 0 saturated carbocycles. The number of fused-ring (bicyclic) bond motifs is 2. The summed E-state index contributed by atoms with van der Waals surface area (Å²) in [4.78, 5) is 12.9. The highest BCUT2D eigenvalue weighted by Gasteiger charge is 2.36. The predicted octanol–water partition coefficient (Wildman–Crippen LogP) is 6.95. The third-order valence-electron chi connectivity index (χ3n) is 7.25. The maximum absolute atomic E-state index is 15.1.